The maximum atomic E-state index is 13.6. The molecule has 0 saturated heterocycles. The molecule has 2 aromatic rings. The van der Waals surface area contributed by atoms with Gasteiger partial charge in [-0.15, -0.1) is 0 Å². The van der Waals surface area contributed by atoms with Gasteiger partial charge in [0.25, 0.3) is 0 Å². The second kappa shape index (κ2) is 11.5. The van der Waals surface area contributed by atoms with Gasteiger partial charge in [0.05, 0.1) is 28.4 Å². The molecule has 10 heteroatoms. The Labute approximate surface area is 259 Å². The van der Waals surface area contributed by atoms with E-state index in [-0.39, 0.29) is 23.0 Å². The lowest BCUT2D eigenvalue weighted by molar-refractivity contribution is -0.138. The lowest BCUT2D eigenvalue weighted by atomic mass is 9.74. The van der Waals surface area contributed by atoms with Gasteiger partial charge in [-0.05, 0) is 78.9 Å². The Morgan fingerprint density at radius 2 is 1.62 bits per heavy atom. The Morgan fingerprint density at radius 3 is 2.16 bits per heavy atom. The molecule has 1 atom stereocenters. The van der Waals surface area contributed by atoms with Crippen LogP contribution in [-0.2, 0) is 32.7 Å². The number of alkyl halides is 6. The number of aliphatic hydroxyl groups is 1. The average Bonchev–Trinajstić information content (AvgIpc) is 3.16. The molecule has 0 saturated carbocycles. The molecule has 1 aliphatic carbocycles. The van der Waals surface area contributed by atoms with Crippen molar-refractivity contribution in [1.29, 1.82) is 0 Å². The third-order valence-corrected chi connectivity index (χ3v) is 9.01. The number of aryl methyl sites for hydroxylation is 1. The molecule has 2 aromatic carbocycles. The van der Waals surface area contributed by atoms with Crippen molar-refractivity contribution >= 4 is 11.5 Å². The summed E-state index contributed by atoms with van der Waals surface area (Å²) < 4.78 is 85.9. The second-order valence-electron chi connectivity index (χ2n) is 12.7. The van der Waals surface area contributed by atoms with Crippen LogP contribution in [0.2, 0.25) is 0 Å². The van der Waals surface area contributed by atoms with E-state index in [9.17, 15) is 36.2 Å². The van der Waals surface area contributed by atoms with Gasteiger partial charge in [-0.25, -0.2) is 0 Å². The standard InChI is InChI=1S/C35H37F6NO3/c1-19-15-22(34(36,37)38)9-11-26(19)32(4,5)20(2)16-24-30(43)25(31(24)44)18-29-33(6,7)27-12-10-23(35(39,40)41)17-28(27)42(29)14-13-21(3)45-8/h9-12,15-18,21,43H,2,13-14H2,1,3-8H3/b24-16+,29-18-. The minimum atomic E-state index is -4.54. The van der Waals surface area contributed by atoms with E-state index >= 15 is 0 Å². The molecule has 0 fully saturated rings. The van der Waals surface area contributed by atoms with Crippen LogP contribution < -0.4 is 4.90 Å². The second-order valence-corrected chi connectivity index (χ2v) is 12.7. The Bertz CT molecular complexity index is 1640. The number of methoxy groups -OCH3 is 1. The molecule has 1 aliphatic heterocycles. The lowest BCUT2D eigenvalue weighted by Gasteiger charge is -2.31. The highest BCUT2D eigenvalue weighted by molar-refractivity contribution is 6.21. The largest absolute Gasteiger partial charge is 0.506 e. The highest BCUT2D eigenvalue weighted by Gasteiger charge is 2.44. The maximum Gasteiger partial charge on any atom is 0.416 e. The molecule has 45 heavy (non-hydrogen) atoms. The van der Waals surface area contributed by atoms with Gasteiger partial charge in [0.15, 0.2) is 0 Å². The normalized spacial score (nSPS) is 19.3. The summed E-state index contributed by atoms with van der Waals surface area (Å²) in [6, 6.07) is 7.04. The number of rotatable bonds is 8. The molecule has 4 rings (SSSR count). The smallest absolute Gasteiger partial charge is 0.416 e. The molecule has 0 aromatic heterocycles. The number of anilines is 1. The van der Waals surface area contributed by atoms with Crippen molar-refractivity contribution in [2.75, 3.05) is 18.6 Å². The van der Waals surface area contributed by atoms with Gasteiger partial charge in [-0.2, -0.15) is 26.3 Å². The van der Waals surface area contributed by atoms with Crippen LogP contribution >= 0.6 is 0 Å². The number of ether oxygens (including phenoxy) is 1. The molecular formula is C35H37F6NO3. The van der Waals surface area contributed by atoms with Gasteiger partial charge in [0, 0.05) is 35.9 Å². The van der Waals surface area contributed by atoms with Crippen LogP contribution in [0.1, 0.15) is 68.9 Å². The number of hydrogen-bond donors (Lipinski definition) is 1. The predicted octanol–water partition coefficient (Wildman–Crippen LogP) is 9.29. The summed E-state index contributed by atoms with van der Waals surface area (Å²) in [4.78, 5) is 15.1. The summed E-state index contributed by atoms with van der Waals surface area (Å²) in [6.45, 7) is 15.0. The van der Waals surface area contributed by atoms with Crippen molar-refractivity contribution < 1.29 is 41.0 Å². The van der Waals surface area contributed by atoms with Gasteiger partial charge in [0.2, 0.25) is 5.78 Å². The first-order chi connectivity index (χ1) is 20.6. The van der Waals surface area contributed by atoms with Gasteiger partial charge < -0.3 is 14.7 Å². The van der Waals surface area contributed by atoms with Gasteiger partial charge in [0.1, 0.15) is 5.76 Å². The number of allylic oxidation sites excluding steroid dienone is 6. The lowest BCUT2D eigenvalue weighted by Crippen LogP contribution is -2.31. The highest BCUT2D eigenvalue weighted by atomic mass is 19.4. The van der Waals surface area contributed by atoms with Crippen molar-refractivity contribution in [3.05, 3.63) is 111 Å². The number of fused-ring (bicyclic) bond motifs is 1. The summed E-state index contributed by atoms with van der Waals surface area (Å²) in [5.74, 6) is -0.768. The maximum absolute atomic E-state index is 13.6. The average molecular weight is 634 g/mol. The molecule has 4 nitrogen and oxygen atoms in total. The first-order valence-electron chi connectivity index (χ1n) is 14.4. The number of carbonyl (C=O) groups is 1. The quantitative estimate of drug-likeness (QED) is 0.233. The molecule has 0 amide bonds. The minimum absolute atomic E-state index is 0.00304. The molecule has 1 unspecified atom stereocenters. The van der Waals surface area contributed by atoms with E-state index in [2.05, 4.69) is 6.58 Å². The zero-order valence-corrected chi connectivity index (χ0v) is 26.3. The topological polar surface area (TPSA) is 49.8 Å². The number of nitrogens with zero attached hydrogens (tertiary/aromatic N) is 1. The van der Waals surface area contributed by atoms with Crippen molar-refractivity contribution in [2.24, 2.45) is 0 Å². The van der Waals surface area contributed by atoms with E-state index in [1.165, 1.54) is 24.3 Å². The molecule has 0 radical (unpaired) electrons. The van der Waals surface area contributed by atoms with Crippen LogP contribution in [0.25, 0.3) is 0 Å². The number of carbonyl (C=O) groups excluding carboxylic acids is 1. The monoisotopic (exact) mass is 633 g/mol. The van der Waals surface area contributed by atoms with E-state index in [1.807, 2.05) is 20.8 Å². The van der Waals surface area contributed by atoms with Crippen LogP contribution in [0, 0.1) is 6.92 Å². The zero-order chi connectivity index (χ0) is 33.9. The van der Waals surface area contributed by atoms with Crippen LogP contribution in [0.4, 0.5) is 32.0 Å². The van der Waals surface area contributed by atoms with E-state index in [0.717, 1.165) is 24.3 Å². The van der Waals surface area contributed by atoms with E-state index in [4.69, 9.17) is 4.74 Å². The predicted molar refractivity (Wildman–Crippen MR) is 162 cm³/mol. The zero-order valence-electron chi connectivity index (χ0n) is 26.3. The number of ketones is 1. The summed E-state index contributed by atoms with van der Waals surface area (Å²) in [7, 11) is 1.54. The summed E-state index contributed by atoms with van der Waals surface area (Å²) in [5, 5.41) is 11.0. The Kier molecular flexibility index (Phi) is 8.74. The number of hydrogen-bond acceptors (Lipinski definition) is 4. The fourth-order valence-corrected chi connectivity index (χ4v) is 5.91. The summed E-state index contributed by atoms with van der Waals surface area (Å²) >= 11 is 0. The Balaban J connectivity index is 1.72. The van der Waals surface area contributed by atoms with E-state index in [1.54, 1.807) is 32.8 Å². The third kappa shape index (κ3) is 6.21. The molecular weight excluding hydrogens is 596 g/mol. The van der Waals surface area contributed by atoms with Crippen LogP contribution in [-0.4, -0.2) is 30.6 Å². The van der Waals surface area contributed by atoms with Gasteiger partial charge >= 0.3 is 12.4 Å². The molecule has 0 bridgehead atoms. The molecule has 1 N–H and O–H groups in total. The van der Waals surface area contributed by atoms with Crippen LogP contribution in [0.5, 0.6) is 0 Å². The van der Waals surface area contributed by atoms with Gasteiger partial charge in [-0.1, -0.05) is 46.4 Å². The number of halogens is 6. The number of Topliss-reactive ketones (excluding diaryl/α,β-unsaturated/α-hetero) is 1. The third-order valence-electron chi connectivity index (χ3n) is 9.01. The fraction of sp³-hybridized carbons (Fsp3) is 0.400. The Hall–Kier alpha value is -3.79. The van der Waals surface area contributed by atoms with Crippen molar-refractivity contribution in [3.63, 3.8) is 0 Å². The van der Waals surface area contributed by atoms with E-state index < -0.39 is 40.1 Å². The van der Waals surface area contributed by atoms with Crippen molar-refractivity contribution in [3.8, 4) is 0 Å². The molecule has 2 aliphatic rings. The van der Waals surface area contributed by atoms with Crippen LogP contribution in [0.15, 0.2) is 83.3 Å². The fourth-order valence-electron chi connectivity index (χ4n) is 5.91. The summed E-state index contributed by atoms with van der Waals surface area (Å²) in [6.07, 6.45) is -5.77. The van der Waals surface area contributed by atoms with Crippen LogP contribution in [0.3, 0.4) is 0 Å². The molecule has 1 heterocycles. The highest BCUT2D eigenvalue weighted by Crippen LogP contribution is 2.51. The Morgan fingerprint density at radius 1 is 1.04 bits per heavy atom. The van der Waals surface area contributed by atoms with Gasteiger partial charge in [-0.3, -0.25) is 4.79 Å². The first kappa shape index (κ1) is 34.1. The van der Waals surface area contributed by atoms with E-state index in [0.29, 0.717) is 46.6 Å². The van der Waals surface area contributed by atoms with Crippen molar-refractivity contribution in [2.45, 2.75) is 77.2 Å². The number of benzene rings is 2. The molecule has 242 valence electrons. The molecule has 0 spiro atoms. The minimum Gasteiger partial charge on any atom is -0.506 e. The SMILES string of the molecule is C=C(/C=C1/C(=O)C(/C=C2\N(CCC(C)OC)c3cc(C(F)(F)F)ccc3C2(C)C)=C1O)C(C)(C)c1ccc(C(F)(F)F)cc1C. The number of aliphatic hydroxyl groups excluding tert-OH is 1. The van der Waals surface area contributed by atoms with Crippen molar-refractivity contribution in [1.82, 2.24) is 0 Å². The first-order valence-corrected chi connectivity index (χ1v) is 14.4. The summed E-state index contributed by atoms with van der Waals surface area (Å²) in [5.41, 5.74) is -0.281.